The van der Waals surface area contributed by atoms with Crippen LogP contribution in [0.4, 0.5) is 0 Å². The quantitative estimate of drug-likeness (QED) is 0.807. The zero-order valence-corrected chi connectivity index (χ0v) is 13.7. The molecule has 0 N–H and O–H groups in total. The van der Waals surface area contributed by atoms with Gasteiger partial charge in [0, 0.05) is 5.41 Å². The van der Waals surface area contributed by atoms with E-state index in [9.17, 15) is 5.26 Å². The van der Waals surface area contributed by atoms with Crippen molar-refractivity contribution in [2.45, 2.75) is 50.8 Å². The zero-order chi connectivity index (χ0) is 15.6. The van der Waals surface area contributed by atoms with Gasteiger partial charge in [0.15, 0.2) is 0 Å². The lowest BCUT2D eigenvalue weighted by atomic mass is 9.94. The van der Waals surface area contributed by atoms with Gasteiger partial charge < -0.3 is 4.42 Å². The van der Waals surface area contributed by atoms with Gasteiger partial charge in [-0.25, -0.2) is 4.98 Å². The van der Waals surface area contributed by atoms with E-state index in [1.807, 2.05) is 13.8 Å². The van der Waals surface area contributed by atoms with Crippen LogP contribution in [0.25, 0.3) is 0 Å². The van der Waals surface area contributed by atoms with Crippen LogP contribution >= 0.6 is 11.8 Å². The minimum Gasteiger partial charge on any atom is -0.444 e. The van der Waals surface area contributed by atoms with E-state index in [4.69, 9.17) is 4.42 Å². The molecule has 0 aliphatic carbocycles. The Bertz CT molecular complexity index is 695. The SMILES string of the molecule is Cc1nnc(SCc2ncc(C(C)(C)C)o2)c(C#N)c1C. The summed E-state index contributed by atoms with van der Waals surface area (Å²) in [5.41, 5.74) is 2.17. The van der Waals surface area contributed by atoms with Crippen molar-refractivity contribution in [1.82, 2.24) is 15.2 Å². The lowest BCUT2D eigenvalue weighted by Crippen LogP contribution is -2.09. The van der Waals surface area contributed by atoms with Crippen molar-refractivity contribution in [3.8, 4) is 6.07 Å². The van der Waals surface area contributed by atoms with E-state index in [0.29, 0.717) is 22.2 Å². The third kappa shape index (κ3) is 3.42. The second-order valence-electron chi connectivity index (χ2n) is 5.86. The molecule has 5 nitrogen and oxygen atoms in total. The fourth-order valence-electron chi connectivity index (χ4n) is 1.67. The first kappa shape index (κ1) is 15.5. The van der Waals surface area contributed by atoms with E-state index < -0.39 is 0 Å². The van der Waals surface area contributed by atoms with Crippen LogP contribution in [-0.2, 0) is 11.2 Å². The Morgan fingerprint density at radius 3 is 2.57 bits per heavy atom. The highest BCUT2D eigenvalue weighted by molar-refractivity contribution is 7.98. The maximum absolute atomic E-state index is 9.26. The van der Waals surface area contributed by atoms with Gasteiger partial charge in [0.05, 0.1) is 23.2 Å². The first-order valence-electron chi connectivity index (χ1n) is 6.65. The van der Waals surface area contributed by atoms with Gasteiger partial charge in [-0.3, -0.25) is 0 Å². The number of oxazole rings is 1. The number of hydrogen-bond acceptors (Lipinski definition) is 6. The molecule has 0 aliphatic rings. The van der Waals surface area contributed by atoms with Gasteiger partial charge in [-0.1, -0.05) is 32.5 Å². The maximum Gasteiger partial charge on any atom is 0.204 e. The van der Waals surface area contributed by atoms with Gasteiger partial charge in [0.2, 0.25) is 5.89 Å². The Labute approximate surface area is 128 Å². The number of thioether (sulfide) groups is 1. The molecule has 2 heterocycles. The summed E-state index contributed by atoms with van der Waals surface area (Å²) in [6, 6.07) is 2.20. The Hall–Kier alpha value is -1.87. The molecule has 0 radical (unpaired) electrons. The van der Waals surface area contributed by atoms with Crippen LogP contribution in [0.1, 0.15) is 49.2 Å². The molecule has 6 heteroatoms. The fourth-order valence-corrected chi connectivity index (χ4v) is 2.51. The molecule has 0 fully saturated rings. The third-order valence-electron chi connectivity index (χ3n) is 3.16. The molecule has 0 atom stereocenters. The molecule has 2 aromatic rings. The lowest BCUT2D eigenvalue weighted by Gasteiger charge is -2.13. The summed E-state index contributed by atoms with van der Waals surface area (Å²) in [5.74, 6) is 2.01. The van der Waals surface area contributed by atoms with Gasteiger partial charge in [0.1, 0.15) is 16.9 Å². The topological polar surface area (TPSA) is 75.6 Å². The normalized spacial score (nSPS) is 11.4. The molecule has 0 saturated heterocycles. The van der Waals surface area contributed by atoms with Gasteiger partial charge in [-0.05, 0) is 19.4 Å². The Morgan fingerprint density at radius 1 is 1.29 bits per heavy atom. The van der Waals surface area contributed by atoms with Crippen molar-refractivity contribution < 1.29 is 4.42 Å². The number of rotatable bonds is 3. The Kier molecular flexibility index (Phi) is 4.33. The van der Waals surface area contributed by atoms with Crippen LogP contribution in [0.2, 0.25) is 0 Å². The average Bonchev–Trinajstić information content (AvgIpc) is 2.89. The highest BCUT2D eigenvalue weighted by Gasteiger charge is 2.19. The second-order valence-corrected chi connectivity index (χ2v) is 6.82. The molecule has 0 spiro atoms. The van der Waals surface area contributed by atoms with E-state index in [0.717, 1.165) is 17.0 Å². The molecule has 0 aromatic carbocycles. The molecular formula is C15H18N4OS. The summed E-state index contributed by atoms with van der Waals surface area (Å²) >= 11 is 1.42. The minimum absolute atomic E-state index is 0.0615. The maximum atomic E-state index is 9.26. The molecule has 0 bridgehead atoms. The average molecular weight is 302 g/mol. The van der Waals surface area contributed by atoms with Crippen molar-refractivity contribution in [2.24, 2.45) is 0 Å². The van der Waals surface area contributed by atoms with Crippen molar-refractivity contribution in [1.29, 1.82) is 5.26 Å². The summed E-state index contributed by atoms with van der Waals surface area (Å²) in [6.45, 7) is 9.96. The van der Waals surface area contributed by atoms with Crippen LogP contribution in [0, 0.1) is 25.2 Å². The van der Waals surface area contributed by atoms with Crippen molar-refractivity contribution in [3.63, 3.8) is 0 Å². The smallest absolute Gasteiger partial charge is 0.204 e. The molecular weight excluding hydrogens is 284 g/mol. The highest BCUT2D eigenvalue weighted by atomic mass is 32.2. The summed E-state index contributed by atoms with van der Waals surface area (Å²) in [6.07, 6.45) is 1.76. The summed E-state index contributed by atoms with van der Waals surface area (Å²) in [7, 11) is 0. The van der Waals surface area contributed by atoms with Crippen molar-refractivity contribution >= 4 is 11.8 Å². The van der Waals surface area contributed by atoms with E-state index in [2.05, 4.69) is 42.0 Å². The number of hydrogen-bond donors (Lipinski definition) is 0. The number of aromatic nitrogens is 3. The summed E-state index contributed by atoms with van der Waals surface area (Å²) < 4.78 is 5.73. The van der Waals surface area contributed by atoms with E-state index in [1.165, 1.54) is 11.8 Å². The molecule has 0 unspecified atom stereocenters. The van der Waals surface area contributed by atoms with Crippen LogP contribution in [0.15, 0.2) is 15.6 Å². The van der Waals surface area contributed by atoms with Crippen LogP contribution in [0.5, 0.6) is 0 Å². The van der Waals surface area contributed by atoms with Gasteiger partial charge >= 0.3 is 0 Å². The highest BCUT2D eigenvalue weighted by Crippen LogP contribution is 2.28. The van der Waals surface area contributed by atoms with Crippen LogP contribution < -0.4 is 0 Å². The predicted octanol–water partition coefficient (Wildman–Crippen LogP) is 3.54. The Balaban J connectivity index is 2.16. The second kappa shape index (κ2) is 5.86. The molecule has 110 valence electrons. The lowest BCUT2D eigenvalue weighted by molar-refractivity contribution is 0.391. The first-order valence-corrected chi connectivity index (χ1v) is 7.63. The third-order valence-corrected chi connectivity index (χ3v) is 4.11. The standard InChI is InChI=1S/C15H18N4OS/c1-9-10(2)18-19-14(11(9)6-16)21-8-13-17-7-12(20-13)15(3,4)5/h7H,8H2,1-5H3. The number of nitriles is 1. The van der Waals surface area contributed by atoms with E-state index in [-0.39, 0.29) is 5.41 Å². The molecule has 0 saturated carbocycles. The summed E-state index contributed by atoms with van der Waals surface area (Å²) in [5, 5.41) is 18.1. The fraction of sp³-hybridized carbons (Fsp3) is 0.467. The van der Waals surface area contributed by atoms with E-state index in [1.54, 1.807) is 6.20 Å². The molecule has 0 aliphatic heterocycles. The summed E-state index contributed by atoms with van der Waals surface area (Å²) in [4.78, 5) is 4.27. The number of nitrogens with zero attached hydrogens (tertiary/aromatic N) is 4. The van der Waals surface area contributed by atoms with Crippen LogP contribution in [0.3, 0.4) is 0 Å². The largest absolute Gasteiger partial charge is 0.444 e. The number of aryl methyl sites for hydroxylation is 1. The molecule has 21 heavy (non-hydrogen) atoms. The zero-order valence-electron chi connectivity index (χ0n) is 12.9. The van der Waals surface area contributed by atoms with Gasteiger partial charge in [-0.15, -0.1) is 5.10 Å². The Morgan fingerprint density at radius 2 is 2.00 bits per heavy atom. The van der Waals surface area contributed by atoms with Crippen molar-refractivity contribution in [2.75, 3.05) is 0 Å². The van der Waals surface area contributed by atoms with Gasteiger partial charge in [0.25, 0.3) is 0 Å². The van der Waals surface area contributed by atoms with Crippen molar-refractivity contribution in [3.05, 3.63) is 34.7 Å². The predicted molar refractivity (Wildman–Crippen MR) is 81.0 cm³/mol. The monoisotopic (exact) mass is 302 g/mol. The minimum atomic E-state index is -0.0615. The van der Waals surface area contributed by atoms with E-state index >= 15 is 0 Å². The molecule has 2 aromatic heterocycles. The molecule has 0 amide bonds. The first-order chi connectivity index (χ1) is 9.82. The van der Waals surface area contributed by atoms with Gasteiger partial charge in [-0.2, -0.15) is 10.4 Å². The molecule has 2 rings (SSSR count). The van der Waals surface area contributed by atoms with Crippen LogP contribution in [-0.4, -0.2) is 15.2 Å².